The maximum atomic E-state index is 13.0. The van der Waals surface area contributed by atoms with Gasteiger partial charge in [0.25, 0.3) is 11.8 Å². The van der Waals surface area contributed by atoms with E-state index in [1.807, 2.05) is 32.0 Å². The monoisotopic (exact) mass is 360 g/mol. The number of ether oxygens (including phenoxy) is 1. The van der Waals surface area contributed by atoms with Gasteiger partial charge in [-0.3, -0.25) is 14.0 Å². The van der Waals surface area contributed by atoms with E-state index in [9.17, 15) is 9.59 Å². The van der Waals surface area contributed by atoms with Crippen molar-refractivity contribution in [2.24, 2.45) is 0 Å². The number of pyridine rings is 1. The van der Waals surface area contributed by atoms with Crippen LogP contribution in [0.15, 0.2) is 24.4 Å². The molecule has 142 valence electrons. The molecule has 2 aromatic heterocycles. The van der Waals surface area contributed by atoms with Gasteiger partial charge in [0.05, 0.1) is 5.52 Å². The standard InChI is InChI=1S/C19H28N4O3/c1-4-11-22(12-5-2)19(25)16-15-9-6-7-13-23(15)17(21-16)18(24)20-10-8-14-26-3/h6-7,9,13H,4-5,8,10-12,14H2,1-3H3,(H,20,24). The summed E-state index contributed by atoms with van der Waals surface area (Å²) in [5, 5.41) is 2.83. The first-order valence-corrected chi connectivity index (χ1v) is 9.17. The van der Waals surface area contributed by atoms with Gasteiger partial charge in [-0.2, -0.15) is 0 Å². The minimum Gasteiger partial charge on any atom is -0.385 e. The second kappa shape index (κ2) is 9.91. The summed E-state index contributed by atoms with van der Waals surface area (Å²) in [5.41, 5.74) is 0.978. The molecule has 0 unspecified atom stereocenters. The number of aromatic nitrogens is 2. The quantitative estimate of drug-likeness (QED) is 0.660. The summed E-state index contributed by atoms with van der Waals surface area (Å²) in [5.74, 6) is -0.191. The van der Waals surface area contributed by atoms with Crippen LogP contribution in [0.3, 0.4) is 0 Å². The lowest BCUT2D eigenvalue weighted by atomic mass is 10.2. The van der Waals surface area contributed by atoms with Crippen molar-refractivity contribution in [3.8, 4) is 0 Å². The minimum atomic E-state index is -0.293. The van der Waals surface area contributed by atoms with Crippen LogP contribution in [0.2, 0.25) is 0 Å². The first-order valence-electron chi connectivity index (χ1n) is 9.17. The number of carbonyl (C=O) groups is 2. The first-order chi connectivity index (χ1) is 12.6. The third-order valence-corrected chi connectivity index (χ3v) is 4.04. The molecule has 1 N–H and O–H groups in total. The van der Waals surface area contributed by atoms with E-state index in [0.717, 1.165) is 19.3 Å². The topological polar surface area (TPSA) is 75.9 Å². The molecule has 7 heteroatoms. The van der Waals surface area contributed by atoms with Crippen LogP contribution < -0.4 is 5.32 Å². The Hall–Kier alpha value is -2.41. The molecule has 0 atom stereocenters. The number of amides is 2. The van der Waals surface area contributed by atoms with Crippen molar-refractivity contribution in [3.05, 3.63) is 35.9 Å². The molecule has 0 aromatic carbocycles. The van der Waals surface area contributed by atoms with Gasteiger partial charge in [0.2, 0.25) is 5.82 Å². The van der Waals surface area contributed by atoms with Crippen LogP contribution in [0.1, 0.15) is 54.2 Å². The van der Waals surface area contributed by atoms with Crippen LogP contribution in [0, 0.1) is 0 Å². The number of rotatable bonds is 10. The van der Waals surface area contributed by atoms with Gasteiger partial charge in [-0.25, -0.2) is 4.98 Å². The van der Waals surface area contributed by atoms with E-state index in [1.54, 1.807) is 22.6 Å². The SMILES string of the molecule is CCCN(CCC)C(=O)c1nc(C(=O)NCCCOC)n2ccccc12. The number of nitrogens with one attached hydrogen (secondary N) is 1. The second-order valence-electron chi connectivity index (χ2n) is 6.13. The summed E-state index contributed by atoms with van der Waals surface area (Å²) in [6.45, 7) is 6.51. The summed E-state index contributed by atoms with van der Waals surface area (Å²) in [6, 6.07) is 5.48. The van der Waals surface area contributed by atoms with Gasteiger partial charge in [-0.15, -0.1) is 0 Å². The van der Waals surface area contributed by atoms with Crippen LogP contribution in [0.4, 0.5) is 0 Å². The maximum absolute atomic E-state index is 13.0. The Balaban J connectivity index is 2.30. The number of carbonyl (C=O) groups excluding carboxylic acids is 2. The molecule has 0 bridgehead atoms. The smallest absolute Gasteiger partial charge is 0.287 e. The zero-order chi connectivity index (χ0) is 18.9. The molecule has 2 amide bonds. The molecule has 26 heavy (non-hydrogen) atoms. The van der Waals surface area contributed by atoms with Crippen LogP contribution in [0.25, 0.3) is 5.52 Å². The van der Waals surface area contributed by atoms with Gasteiger partial charge in [0, 0.05) is 39.5 Å². The molecule has 0 spiro atoms. The van der Waals surface area contributed by atoms with E-state index in [0.29, 0.717) is 37.5 Å². The zero-order valence-electron chi connectivity index (χ0n) is 15.8. The number of hydrogen-bond acceptors (Lipinski definition) is 4. The summed E-state index contributed by atoms with van der Waals surface area (Å²) in [7, 11) is 1.63. The highest BCUT2D eigenvalue weighted by Crippen LogP contribution is 2.16. The van der Waals surface area contributed by atoms with Gasteiger partial charge in [0.15, 0.2) is 5.69 Å². The number of hydrogen-bond donors (Lipinski definition) is 1. The predicted molar refractivity (Wildman–Crippen MR) is 101 cm³/mol. The molecule has 2 rings (SSSR count). The molecule has 2 aromatic rings. The van der Waals surface area contributed by atoms with Gasteiger partial charge >= 0.3 is 0 Å². The minimum absolute atomic E-state index is 0.129. The summed E-state index contributed by atoms with van der Waals surface area (Å²) >= 11 is 0. The Bertz CT molecular complexity index is 735. The molecule has 0 saturated carbocycles. The molecule has 0 aliphatic carbocycles. The molecule has 0 fully saturated rings. The lowest BCUT2D eigenvalue weighted by Gasteiger charge is -2.20. The fourth-order valence-corrected chi connectivity index (χ4v) is 2.86. The van der Waals surface area contributed by atoms with Crippen molar-refractivity contribution in [2.45, 2.75) is 33.1 Å². The van der Waals surface area contributed by atoms with Crippen molar-refractivity contribution in [1.29, 1.82) is 0 Å². The van der Waals surface area contributed by atoms with E-state index < -0.39 is 0 Å². The molecule has 2 heterocycles. The largest absolute Gasteiger partial charge is 0.385 e. The Labute approximate surface area is 154 Å². The summed E-state index contributed by atoms with van der Waals surface area (Å²) in [6.07, 6.45) is 4.24. The van der Waals surface area contributed by atoms with Crippen molar-refractivity contribution < 1.29 is 14.3 Å². The second-order valence-corrected chi connectivity index (χ2v) is 6.13. The molecular weight excluding hydrogens is 332 g/mol. The molecule has 0 saturated heterocycles. The van der Waals surface area contributed by atoms with Gasteiger partial charge < -0.3 is 15.0 Å². The lowest BCUT2D eigenvalue weighted by Crippen LogP contribution is -2.33. The van der Waals surface area contributed by atoms with Gasteiger partial charge in [-0.05, 0) is 31.4 Å². The number of fused-ring (bicyclic) bond motifs is 1. The predicted octanol–water partition coefficient (Wildman–Crippen LogP) is 2.36. The number of imidazole rings is 1. The molecule has 0 aliphatic heterocycles. The van der Waals surface area contributed by atoms with Crippen LogP contribution >= 0.6 is 0 Å². The summed E-state index contributed by atoms with van der Waals surface area (Å²) < 4.78 is 6.66. The van der Waals surface area contributed by atoms with Crippen molar-refractivity contribution in [2.75, 3.05) is 33.4 Å². The lowest BCUT2D eigenvalue weighted by molar-refractivity contribution is 0.0752. The highest BCUT2D eigenvalue weighted by atomic mass is 16.5. The highest BCUT2D eigenvalue weighted by Gasteiger charge is 2.24. The molecular formula is C19H28N4O3. The molecule has 0 aliphatic rings. The molecule has 7 nitrogen and oxygen atoms in total. The van der Waals surface area contributed by atoms with E-state index in [2.05, 4.69) is 10.3 Å². The Morgan fingerprint density at radius 3 is 2.62 bits per heavy atom. The van der Waals surface area contributed by atoms with Gasteiger partial charge in [0.1, 0.15) is 0 Å². The van der Waals surface area contributed by atoms with Crippen LogP contribution in [-0.4, -0.2) is 59.4 Å². The third-order valence-electron chi connectivity index (χ3n) is 4.04. The van der Waals surface area contributed by atoms with Crippen LogP contribution in [0.5, 0.6) is 0 Å². The summed E-state index contributed by atoms with van der Waals surface area (Å²) in [4.78, 5) is 31.7. The molecule has 0 radical (unpaired) electrons. The van der Waals surface area contributed by atoms with Gasteiger partial charge in [-0.1, -0.05) is 19.9 Å². The fourth-order valence-electron chi connectivity index (χ4n) is 2.86. The van der Waals surface area contributed by atoms with E-state index in [1.165, 1.54) is 0 Å². The van der Waals surface area contributed by atoms with Crippen LogP contribution in [-0.2, 0) is 4.74 Å². The van der Waals surface area contributed by atoms with E-state index in [4.69, 9.17) is 4.74 Å². The fraction of sp³-hybridized carbons (Fsp3) is 0.526. The van der Waals surface area contributed by atoms with Crippen molar-refractivity contribution in [1.82, 2.24) is 19.6 Å². The Morgan fingerprint density at radius 1 is 1.23 bits per heavy atom. The maximum Gasteiger partial charge on any atom is 0.287 e. The van der Waals surface area contributed by atoms with Crippen molar-refractivity contribution >= 4 is 17.3 Å². The average molecular weight is 360 g/mol. The van der Waals surface area contributed by atoms with Crippen molar-refractivity contribution in [3.63, 3.8) is 0 Å². The third kappa shape index (κ3) is 4.60. The zero-order valence-corrected chi connectivity index (χ0v) is 15.8. The highest BCUT2D eigenvalue weighted by molar-refractivity contribution is 6.02. The first kappa shape index (κ1) is 19.9. The Kier molecular flexibility index (Phi) is 7.59. The number of nitrogens with zero attached hydrogens (tertiary/aromatic N) is 3. The number of methoxy groups -OCH3 is 1. The average Bonchev–Trinajstić information content (AvgIpc) is 3.04. The normalized spacial score (nSPS) is 10.9. The van der Waals surface area contributed by atoms with E-state index >= 15 is 0 Å². The Morgan fingerprint density at radius 2 is 1.96 bits per heavy atom. The van der Waals surface area contributed by atoms with E-state index in [-0.39, 0.29) is 17.6 Å².